The van der Waals surface area contributed by atoms with Crippen molar-refractivity contribution in [2.45, 2.75) is 19.8 Å². The fourth-order valence-corrected chi connectivity index (χ4v) is 2.97. The molecule has 0 unspecified atom stereocenters. The molecule has 2 aromatic rings. The van der Waals surface area contributed by atoms with Crippen LogP contribution in [0.15, 0.2) is 42.7 Å². The van der Waals surface area contributed by atoms with E-state index in [1.54, 1.807) is 17.3 Å². The van der Waals surface area contributed by atoms with Gasteiger partial charge >= 0.3 is 0 Å². The Kier molecular flexibility index (Phi) is 5.51. The van der Waals surface area contributed by atoms with Gasteiger partial charge in [-0.1, -0.05) is 26.0 Å². The van der Waals surface area contributed by atoms with E-state index in [1.807, 2.05) is 30.3 Å². The maximum atomic E-state index is 12.5. The van der Waals surface area contributed by atoms with E-state index in [4.69, 9.17) is 0 Å². The molecule has 1 aliphatic heterocycles. The third kappa shape index (κ3) is 4.20. The first-order valence-corrected chi connectivity index (χ1v) is 8.87. The molecule has 136 valence electrons. The van der Waals surface area contributed by atoms with Crippen LogP contribution in [0.25, 0.3) is 0 Å². The lowest BCUT2D eigenvalue weighted by Crippen LogP contribution is -2.45. The van der Waals surface area contributed by atoms with Crippen molar-refractivity contribution >= 4 is 23.7 Å². The minimum atomic E-state index is -0.178. The van der Waals surface area contributed by atoms with E-state index in [0.29, 0.717) is 24.6 Å². The standard InChI is InChI=1S/C20H24N4O2/c1-15(2)16-3-5-18(6-4-16)22-20(26)17-11-19(13-21-12-17)24-9-7-23(14-25)8-10-24/h3-6,11-15H,7-10H2,1-2H3,(H,22,26). The zero-order valence-electron chi connectivity index (χ0n) is 15.2. The number of rotatable bonds is 5. The highest BCUT2D eigenvalue weighted by Gasteiger charge is 2.17. The summed E-state index contributed by atoms with van der Waals surface area (Å²) < 4.78 is 0. The number of pyridine rings is 1. The average molecular weight is 352 g/mol. The molecular formula is C20H24N4O2. The molecule has 3 rings (SSSR count). The van der Waals surface area contributed by atoms with Crippen LogP contribution in [0.1, 0.15) is 35.7 Å². The number of carbonyl (C=O) groups excluding carboxylic acids is 2. The number of nitrogens with one attached hydrogen (secondary N) is 1. The number of hydrogen-bond donors (Lipinski definition) is 1. The van der Waals surface area contributed by atoms with Crippen molar-refractivity contribution in [3.8, 4) is 0 Å². The van der Waals surface area contributed by atoms with Gasteiger partial charge in [-0.25, -0.2) is 0 Å². The van der Waals surface area contributed by atoms with Crippen molar-refractivity contribution in [3.63, 3.8) is 0 Å². The van der Waals surface area contributed by atoms with Gasteiger partial charge in [-0.15, -0.1) is 0 Å². The van der Waals surface area contributed by atoms with Crippen LogP contribution in [-0.2, 0) is 4.79 Å². The van der Waals surface area contributed by atoms with Gasteiger partial charge in [0.2, 0.25) is 6.41 Å². The summed E-state index contributed by atoms with van der Waals surface area (Å²) in [6, 6.07) is 9.75. The molecule has 1 N–H and O–H groups in total. The SMILES string of the molecule is CC(C)c1ccc(NC(=O)c2cncc(N3CCN(C=O)CC3)c2)cc1. The molecule has 1 saturated heterocycles. The van der Waals surface area contributed by atoms with Crippen LogP contribution in [0.4, 0.5) is 11.4 Å². The van der Waals surface area contributed by atoms with E-state index < -0.39 is 0 Å². The number of benzene rings is 1. The molecule has 1 fully saturated rings. The molecule has 0 radical (unpaired) electrons. The van der Waals surface area contributed by atoms with E-state index in [1.165, 1.54) is 5.56 Å². The van der Waals surface area contributed by atoms with E-state index in [2.05, 4.69) is 29.0 Å². The predicted molar refractivity (Wildman–Crippen MR) is 103 cm³/mol. The van der Waals surface area contributed by atoms with Crippen LogP contribution in [0, 0.1) is 0 Å². The first kappa shape index (κ1) is 17.9. The van der Waals surface area contributed by atoms with Crippen molar-refractivity contribution in [2.24, 2.45) is 0 Å². The van der Waals surface area contributed by atoms with Gasteiger partial charge in [0, 0.05) is 38.1 Å². The highest BCUT2D eigenvalue weighted by molar-refractivity contribution is 6.04. The maximum Gasteiger partial charge on any atom is 0.257 e. The van der Waals surface area contributed by atoms with Crippen LogP contribution >= 0.6 is 0 Å². The van der Waals surface area contributed by atoms with Crippen molar-refractivity contribution < 1.29 is 9.59 Å². The van der Waals surface area contributed by atoms with Gasteiger partial charge in [0.15, 0.2) is 0 Å². The third-order valence-corrected chi connectivity index (χ3v) is 4.65. The van der Waals surface area contributed by atoms with Gasteiger partial charge in [-0.3, -0.25) is 14.6 Å². The number of nitrogens with zero attached hydrogens (tertiary/aromatic N) is 3. The van der Waals surface area contributed by atoms with Crippen LogP contribution in [0.5, 0.6) is 0 Å². The fraction of sp³-hybridized carbons (Fsp3) is 0.350. The van der Waals surface area contributed by atoms with Crippen LogP contribution in [-0.4, -0.2) is 48.4 Å². The van der Waals surface area contributed by atoms with E-state index >= 15 is 0 Å². The Morgan fingerprint density at radius 3 is 2.42 bits per heavy atom. The van der Waals surface area contributed by atoms with Gasteiger partial charge in [-0.2, -0.15) is 0 Å². The number of anilines is 2. The van der Waals surface area contributed by atoms with Crippen molar-refractivity contribution in [2.75, 3.05) is 36.4 Å². The zero-order chi connectivity index (χ0) is 18.5. The molecule has 1 aromatic carbocycles. The van der Waals surface area contributed by atoms with Crippen LogP contribution in [0.2, 0.25) is 0 Å². The van der Waals surface area contributed by atoms with E-state index in [0.717, 1.165) is 30.9 Å². The lowest BCUT2D eigenvalue weighted by atomic mass is 10.0. The Bertz CT molecular complexity index is 766. The topological polar surface area (TPSA) is 65.5 Å². The lowest BCUT2D eigenvalue weighted by molar-refractivity contribution is -0.118. The summed E-state index contributed by atoms with van der Waals surface area (Å²) >= 11 is 0. The molecule has 1 aliphatic rings. The molecule has 1 aromatic heterocycles. The monoisotopic (exact) mass is 352 g/mol. The van der Waals surface area contributed by atoms with Crippen LogP contribution < -0.4 is 10.2 Å². The second-order valence-electron chi connectivity index (χ2n) is 6.79. The second kappa shape index (κ2) is 7.99. The van der Waals surface area contributed by atoms with Crippen molar-refractivity contribution in [3.05, 3.63) is 53.9 Å². The number of piperazine rings is 1. The molecule has 2 amide bonds. The minimum absolute atomic E-state index is 0.178. The molecule has 0 aliphatic carbocycles. The molecule has 26 heavy (non-hydrogen) atoms. The van der Waals surface area contributed by atoms with Crippen molar-refractivity contribution in [1.29, 1.82) is 0 Å². The Balaban J connectivity index is 1.67. The predicted octanol–water partition coefficient (Wildman–Crippen LogP) is 2.74. The largest absolute Gasteiger partial charge is 0.367 e. The molecule has 0 atom stereocenters. The van der Waals surface area contributed by atoms with Gasteiger partial charge in [0.25, 0.3) is 5.91 Å². The Hall–Kier alpha value is -2.89. The molecule has 6 nitrogen and oxygen atoms in total. The summed E-state index contributed by atoms with van der Waals surface area (Å²) in [5, 5.41) is 2.92. The number of hydrogen-bond acceptors (Lipinski definition) is 4. The summed E-state index contributed by atoms with van der Waals surface area (Å²) in [7, 11) is 0. The summed E-state index contributed by atoms with van der Waals surface area (Å²) in [5.41, 5.74) is 3.43. The molecular weight excluding hydrogens is 328 g/mol. The molecule has 2 heterocycles. The van der Waals surface area contributed by atoms with Gasteiger partial charge in [0.1, 0.15) is 0 Å². The summed E-state index contributed by atoms with van der Waals surface area (Å²) in [5.74, 6) is 0.281. The van der Waals surface area contributed by atoms with Gasteiger partial charge < -0.3 is 15.1 Å². The summed E-state index contributed by atoms with van der Waals surface area (Å²) in [6.07, 6.45) is 4.21. The zero-order valence-corrected chi connectivity index (χ0v) is 15.2. The number of amides is 2. The lowest BCUT2D eigenvalue weighted by Gasteiger charge is -2.34. The normalized spacial score (nSPS) is 14.4. The Labute approximate surface area is 153 Å². The van der Waals surface area contributed by atoms with Crippen molar-refractivity contribution in [1.82, 2.24) is 9.88 Å². The van der Waals surface area contributed by atoms with Gasteiger partial charge in [0.05, 0.1) is 17.4 Å². The highest BCUT2D eigenvalue weighted by atomic mass is 16.1. The van der Waals surface area contributed by atoms with Crippen LogP contribution in [0.3, 0.4) is 0 Å². The minimum Gasteiger partial charge on any atom is -0.367 e. The number of aromatic nitrogens is 1. The average Bonchev–Trinajstić information content (AvgIpc) is 2.68. The van der Waals surface area contributed by atoms with E-state index in [9.17, 15) is 9.59 Å². The first-order chi connectivity index (χ1) is 12.6. The number of carbonyl (C=O) groups is 2. The molecule has 0 spiro atoms. The Morgan fingerprint density at radius 2 is 1.81 bits per heavy atom. The summed E-state index contributed by atoms with van der Waals surface area (Å²) in [6.45, 7) is 7.12. The quantitative estimate of drug-likeness (QED) is 0.841. The smallest absolute Gasteiger partial charge is 0.257 e. The fourth-order valence-electron chi connectivity index (χ4n) is 2.97. The highest BCUT2D eigenvalue weighted by Crippen LogP contribution is 2.19. The molecule has 0 saturated carbocycles. The Morgan fingerprint density at radius 1 is 1.12 bits per heavy atom. The first-order valence-electron chi connectivity index (χ1n) is 8.87. The van der Waals surface area contributed by atoms with Gasteiger partial charge in [-0.05, 0) is 29.7 Å². The maximum absolute atomic E-state index is 12.5. The molecule has 6 heteroatoms. The van der Waals surface area contributed by atoms with E-state index in [-0.39, 0.29) is 5.91 Å². The molecule has 0 bridgehead atoms. The third-order valence-electron chi connectivity index (χ3n) is 4.65. The second-order valence-corrected chi connectivity index (χ2v) is 6.79. The summed E-state index contributed by atoms with van der Waals surface area (Å²) in [4.78, 5) is 31.5.